The van der Waals surface area contributed by atoms with Gasteiger partial charge in [-0.05, 0) is 38.3 Å². The van der Waals surface area contributed by atoms with E-state index < -0.39 is 37.9 Å². The number of amides is 1. The van der Waals surface area contributed by atoms with Crippen molar-refractivity contribution in [1.82, 2.24) is 4.90 Å². The fraction of sp³-hybridized carbons (Fsp3) is 0.500. The minimum Gasteiger partial charge on any atom is -0.452 e. The van der Waals surface area contributed by atoms with E-state index in [2.05, 4.69) is 0 Å². The molecule has 0 aromatic heterocycles. The van der Waals surface area contributed by atoms with Crippen LogP contribution in [0.5, 0.6) is 0 Å². The number of nitro groups is 1. The third-order valence-corrected chi connectivity index (χ3v) is 5.39. The highest BCUT2D eigenvalue weighted by molar-refractivity contribution is 7.90. The van der Waals surface area contributed by atoms with Crippen LogP contribution in [0.4, 0.5) is 5.69 Å². The molecule has 9 nitrogen and oxygen atoms in total. The van der Waals surface area contributed by atoms with Crippen LogP contribution in [0.15, 0.2) is 23.1 Å². The maximum Gasteiger partial charge on any atom is 0.338 e. The van der Waals surface area contributed by atoms with Crippen LogP contribution in [-0.4, -0.2) is 55.6 Å². The fourth-order valence-corrected chi connectivity index (χ4v) is 3.69. The normalized spacial score (nSPS) is 17.6. The average molecular weight is 384 g/mol. The van der Waals surface area contributed by atoms with Gasteiger partial charge in [-0.2, -0.15) is 0 Å². The van der Waals surface area contributed by atoms with E-state index >= 15 is 0 Å². The molecule has 1 saturated heterocycles. The van der Waals surface area contributed by atoms with Crippen molar-refractivity contribution in [2.24, 2.45) is 0 Å². The zero-order chi connectivity index (χ0) is 19.5. The zero-order valence-electron chi connectivity index (χ0n) is 14.5. The van der Waals surface area contributed by atoms with Crippen molar-refractivity contribution in [2.75, 3.05) is 19.4 Å². The first-order valence-electron chi connectivity index (χ1n) is 8.06. The van der Waals surface area contributed by atoms with E-state index in [0.29, 0.717) is 6.54 Å². The third kappa shape index (κ3) is 4.57. The number of piperidine rings is 1. The number of rotatable bonds is 5. The first-order valence-corrected chi connectivity index (χ1v) is 9.95. The summed E-state index contributed by atoms with van der Waals surface area (Å²) >= 11 is 0. The van der Waals surface area contributed by atoms with Gasteiger partial charge in [0, 0.05) is 24.9 Å². The largest absolute Gasteiger partial charge is 0.452 e. The number of sulfone groups is 1. The van der Waals surface area contributed by atoms with Crippen molar-refractivity contribution >= 4 is 27.4 Å². The van der Waals surface area contributed by atoms with Crippen LogP contribution in [0.3, 0.4) is 0 Å². The molecule has 1 aliphatic heterocycles. The molecule has 1 fully saturated rings. The predicted octanol–water partition coefficient (Wildman–Crippen LogP) is 1.56. The molecule has 1 aliphatic rings. The van der Waals surface area contributed by atoms with Crippen LogP contribution in [0.1, 0.15) is 36.5 Å². The van der Waals surface area contributed by atoms with Crippen molar-refractivity contribution in [1.29, 1.82) is 0 Å². The molecule has 1 heterocycles. The highest BCUT2D eigenvalue weighted by atomic mass is 32.2. The Morgan fingerprint density at radius 2 is 2.04 bits per heavy atom. The zero-order valence-corrected chi connectivity index (χ0v) is 15.3. The second-order valence-electron chi connectivity index (χ2n) is 6.22. The lowest BCUT2D eigenvalue weighted by Crippen LogP contribution is -2.44. The molecule has 26 heavy (non-hydrogen) atoms. The first-order chi connectivity index (χ1) is 12.1. The van der Waals surface area contributed by atoms with E-state index in [0.717, 1.165) is 43.7 Å². The highest BCUT2D eigenvalue weighted by Gasteiger charge is 2.26. The number of carbonyl (C=O) groups is 2. The minimum atomic E-state index is -3.82. The molecule has 0 spiro atoms. The van der Waals surface area contributed by atoms with Crippen LogP contribution in [0.2, 0.25) is 0 Å². The molecule has 0 N–H and O–H groups in total. The Morgan fingerprint density at radius 1 is 1.35 bits per heavy atom. The Hall–Kier alpha value is -2.49. The van der Waals surface area contributed by atoms with Gasteiger partial charge in [-0.1, -0.05) is 0 Å². The van der Waals surface area contributed by atoms with Crippen molar-refractivity contribution in [3.8, 4) is 0 Å². The Bertz CT molecular complexity index is 835. The molecule has 142 valence electrons. The monoisotopic (exact) mass is 384 g/mol. The van der Waals surface area contributed by atoms with E-state index in [-0.39, 0.29) is 17.5 Å². The smallest absolute Gasteiger partial charge is 0.338 e. The number of esters is 1. The summed E-state index contributed by atoms with van der Waals surface area (Å²) in [5, 5.41) is 11.1. The number of nitro benzene ring substituents is 1. The number of hydrogen-bond donors (Lipinski definition) is 0. The molecule has 0 saturated carbocycles. The summed E-state index contributed by atoms with van der Waals surface area (Å²) in [5.74, 6) is -1.25. The van der Waals surface area contributed by atoms with Crippen molar-refractivity contribution in [3.05, 3.63) is 33.9 Å². The Balaban J connectivity index is 2.11. The lowest BCUT2D eigenvalue weighted by molar-refractivity contribution is -0.387. The third-order valence-electron chi connectivity index (χ3n) is 4.24. The molecular weight excluding hydrogens is 364 g/mol. The van der Waals surface area contributed by atoms with Crippen LogP contribution < -0.4 is 0 Å². The summed E-state index contributed by atoms with van der Waals surface area (Å²) in [7, 11) is -3.82. The molecular formula is C16H20N2O7S. The summed E-state index contributed by atoms with van der Waals surface area (Å²) in [6.07, 6.45) is 3.66. The minimum absolute atomic E-state index is 0.0742. The van der Waals surface area contributed by atoms with E-state index in [1.54, 1.807) is 4.90 Å². The molecule has 1 aromatic rings. The Kier molecular flexibility index (Phi) is 5.96. The van der Waals surface area contributed by atoms with Crippen molar-refractivity contribution < 1.29 is 27.7 Å². The fourth-order valence-electron chi connectivity index (χ4n) is 2.86. The van der Waals surface area contributed by atoms with Crippen molar-refractivity contribution in [3.63, 3.8) is 0 Å². The van der Waals surface area contributed by atoms with E-state index in [4.69, 9.17) is 4.74 Å². The second kappa shape index (κ2) is 7.81. The highest BCUT2D eigenvalue weighted by Crippen LogP contribution is 2.25. The second-order valence-corrected chi connectivity index (χ2v) is 8.20. The molecule has 1 aromatic carbocycles. The van der Waals surface area contributed by atoms with Gasteiger partial charge in [0.1, 0.15) is 4.90 Å². The molecule has 0 bridgehead atoms. The summed E-state index contributed by atoms with van der Waals surface area (Å²) in [4.78, 5) is 35.6. The first kappa shape index (κ1) is 19.8. The van der Waals surface area contributed by atoms with Gasteiger partial charge >= 0.3 is 5.97 Å². The molecule has 10 heteroatoms. The SMILES string of the molecule is C[C@@H]1CCCCN1C(=O)COC(=O)c1ccc(S(C)(=O)=O)c([N+](=O)[O-])c1. The van der Waals surface area contributed by atoms with Gasteiger partial charge in [0.15, 0.2) is 16.4 Å². The van der Waals surface area contributed by atoms with Gasteiger partial charge in [0.25, 0.3) is 11.6 Å². The number of likely N-dealkylation sites (tertiary alicyclic amines) is 1. The number of benzene rings is 1. The standard InChI is InChI=1S/C16H20N2O7S/c1-11-5-3-4-8-17(11)15(19)10-25-16(20)12-6-7-14(26(2,23)24)13(9-12)18(21)22/h6-7,9,11H,3-5,8,10H2,1-2H3/t11-/m1/s1. The molecule has 2 rings (SSSR count). The molecule has 1 amide bonds. The predicted molar refractivity (Wildman–Crippen MR) is 91.5 cm³/mol. The summed E-state index contributed by atoms with van der Waals surface area (Å²) in [6, 6.07) is 3.02. The van der Waals surface area contributed by atoms with Gasteiger partial charge in [-0.3, -0.25) is 14.9 Å². The Morgan fingerprint density at radius 3 is 2.62 bits per heavy atom. The molecule has 0 radical (unpaired) electrons. The van der Waals surface area contributed by atoms with Crippen molar-refractivity contribution in [2.45, 2.75) is 37.1 Å². The van der Waals surface area contributed by atoms with Gasteiger partial charge in [-0.25, -0.2) is 13.2 Å². The van der Waals surface area contributed by atoms with Gasteiger partial charge in [-0.15, -0.1) is 0 Å². The maximum absolute atomic E-state index is 12.2. The lowest BCUT2D eigenvalue weighted by atomic mass is 10.0. The maximum atomic E-state index is 12.2. The lowest BCUT2D eigenvalue weighted by Gasteiger charge is -2.33. The quantitative estimate of drug-likeness (QED) is 0.428. The van der Waals surface area contributed by atoms with E-state index in [9.17, 15) is 28.1 Å². The van der Waals surface area contributed by atoms with Gasteiger partial charge in [0.05, 0.1) is 10.5 Å². The molecule has 1 atom stereocenters. The number of ether oxygens (including phenoxy) is 1. The van der Waals surface area contributed by atoms with Crippen LogP contribution in [0, 0.1) is 10.1 Å². The van der Waals surface area contributed by atoms with E-state index in [1.807, 2.05) is 6.92 Å². The molecule has 0 aliphatic carbocycles. The van der Waals surface area contributed by atoms with Gasteiger partial charge < -0.3 is 9.64 Å². The van der Waals surface area contributed by atoms with Crippen LogP contribution in [-0.2, 0) is 19.4 Å². The average Bonchev–Trinajstić information content (AvgIpc) is 2.58. The number of carbonyl (C=O) groups excluding carboxylic acids is 2. The van der Waals surface area contributed by atoms with E-state index in [1.165, 1.54) is 0 Å². The molecule has 0 unspecified atom stereocenters. The van der Waals surface area contributed by atoms with Crippen LogP contribution in [0.25, 0.3) is 0 Å². The number of hydrogen-bond acceptors (Lipinski definition) is 7. The topological polar surface area (TPSA) is 124 Å². The van der Waals surface area contributed by atoms with Crippen LogP contribution >= 0.6 is 0 Å². The number of nitrogens with zero attached hydrogens (tertiary/aromatic N) is 2. The summed E-state index contributed by atoms with van der Waals surface area (Å²) < 4.78 is 28.1. The Labute approximate surface area is 151 Å². The van der Waals surface area contributed by atoms with Gasteiger partial charge in [0.2, 0.25) is 0 Å². The summed E-state index contributed by atoms with van der Waals surface area (Å²) in [5.41, 5.74) is -0.901. The summed E-state index contributed by atoms with van der Waals surface area (Å²) in [6.45, 7) is 2.06.